The van der Waals surface area contributed by atoms with Crippen LogP contribution in [0.5, 0.6) is 0 Å². The first-order chi connectivity index (χ1) is 4.87. The minimum absolute atomic E-state index is 0.0162. The monoisotopic (exact) mass is 176 g/mol. The molecule has 0 aliphatic carbocycles. The van der Waals surface area contributed by atoms with Crippen LogP contribution in [0.25, 0.3) is 0 Å². The second-order valence-electron chi connectivity index (χ2n) is 3.37. The summed E-state index contributed by atoms with van der Waals surface area (Å²) in [4.78, 5) is 10.9. The zero-order chi connectivity index (χ0) is 9.07. The summed E-state index contributed by atoms with van der Waals surface area (Å²) in [6, 6.07) is 0. The fourth-order valence-corrected chi connectivity index (χ4v) is 1.37. The highest BCUT2D eigenvalue weighted by Gasteiger charge is 2.15. The molecule has 0 aromatic carbocycles. The second-order valence-corrected chi connectivity index (χ2v) is 4.91. The van der Waals surface area contributed by atoms with Gasteiger partial charge in [0, 0.05) is 0 Å². The lowest BCUT2D eigenvalue weighted by molar-refractivity contribution is -0.861. The van der Waals surface area contributed by atoms with Crippen molar-refractivity contribution in [2.45, 2.75) is 0 Å². The van der Waals surface area contributed by atoms with Crippen molar-refractivity contribution < 1.29 is 14.5 Å². The molecule has 0 aromatic rings. The van der Waals surface area contributed by atoms with E-state index >= 15 is 0 Å². The highest BCUT2D eigenvalue weighted by atomic mass is 31.1. The predicted octanol–water partition coefficient (Wildman–Crippen LogP) is 0.0957. The zero-order valence-corrected chi connectivity index (χ0v) is 8.14. The standard InChI is InChI=1S/C7H14NO2P/c1-5-11(10)7(9)6-8(2,3)4/h5H,1,6H2,2-4H3/p+1. The van der Waals surface area contributed by atoms with E-state index in [1.807, 2.05) is 21.1 Å². The highest BCUT2D eigenvalue weighted by molar-refractivity contribution is 7.54. The Morgan fingerprint density at radius 2 is 2.09 bits per heavy atom. The van der Waals surface area contributed by atoms with Crippen LogP contribution < -0.4 is 4.89 Å². The van der Waals surface area contributed by atoms with Crippen molar-refractivity contribution in [3.8, 4) is 0 Å². The van der Waals surface area contributed by atoms with Gasteiger partial charge < -0.3 is 14.5 Å². The molecule has 0 rings (SSSR count). The molecule has 0 radical (unpaired) electrons. The van der Waals surface area contributed by atoms with Gasteiger partial charge in [0.25, 0.3) is 5.48 Å². The number of aliphatic hydroxyl groups is 1. The molecule has 11 heavy (non-hydrogen) atoms. The van der Waals surface area contributed by atoms with Crippen LogP contribution in [0.2, 0.25) is 0 Å². The number of hydrogen-bond acceptors (Lipinski definition) is 1. The molecule has 1 unspecified atom stereocenters. The van der Waals surface area contributed by atoms with Crippen LogP contribution in [-0.4, -0.2) is 42.8 Å². The Hall–Kier alpha value is -0.210. The fraction of sp³-hybridized carbons (Fsp3) is 0.571. The molecule has 1 N–H and O–H groups in total. The Morgan fingerprint density at radius 1 is 1.64 bits per heavy atom. The van der Waals surface area contributed by atoms with Gasteiger partial charge in [0.1, 0.15) is 13.6 Å². The molecule has 64 valence electrons. The van der Waals surface area contributed by atoms with E-state index in [0.29, 0.717) is 11.0 Å². The molecule has 0 saturated carbocycles. The topological polar surface area (TPSA) is 43.3 Å². The van der Waals surface area contributed by atoms with Gasteiger partial charge >= 0.3 is 0 Å². The van der Waals surface area contributed by atoms with Crippen molar-refractivity contribution in [3.05, 3.63) is 12.4 Å². The van der Waals surface area contributed by atoms with Gasteiger partial charge in [-0.1, -0.05) is 6.58 Å². The summed E-state index contributed by atoms with van der Waals surface area (Å²) in [6.45, 7) is 3.74. The molecule has 0 aliphatic heterocycles. The molecule has 0 heterocycles. The van der Waals surface area contributed by atoms with Gasteiger partial charge in [-0.25, -0.2) is 0 Å². The number of hydrogen-bond donors (Lipinski definition) is 1. The summed E-state index contributed by atoms with van der Waals surface area (Å²) in [5.74, 6) is 1.26. The Bertz CT molecular complexity index is 181. The van der Waals surface area contributed by atoms with E-state index in [-0.39, 0.29) is 5.48 Å². The Labute approximate surface area is 68.6 Å². The molecule has 4 heteroatoms. The predicted molar refractivity (Wildman–Crippen MR) is 47.0 cm³/mol. The molecule has 0 spiro atoms. The van der Waals surface area contributed by atoms with Gasteiger partial charge in [-0.15, -0.1) is 0 Å². The van der Waals surface area contributed by atoms with Gasteiger partial charge in [0.15, 0.2) is 6.54 Å². The first-order valence-corrected chi connectivity index (χ1v) is 4.64. The van der Waals surface area contributed by atoms with Crippen molar-refractivity contribution in [2.24, 2.45) is 0 Å². The lowest BCUT2D eigenvalue weighted by atomic mass is 10.5. The SMILES string of the molecule is C=C/[P+]([O-])=C(\O)C[N+](C)(C)C. The summed E-state index contributed by atoms with van der Waals surface area (Å²) in [6.07, 6.45) is 0. The van der Waals surface area contributed by atoms with Crippen molar-refractivity contribution in [3.63, 3.8) is 0 Å². The van der Waals surface area contributed by atoms with E-state index in [1.165, 1.54) is 5.82 Å². The minimum atomic E-state index is -1.73. The molecule has 0 aromatic heterocycles. The van der Waals surface area contributed by atoms with E-state index in [2.05, 4.69) is 6.58 Å². The minimum Gasteiger partial charge on any atom is -0.624 e. The van der Waals surface area contributed by atoms with Crippen LogP contribution in [0.3, 0.4) is 0 Å². The van der Waals surface area contributed by atoms with Gasteiger partial charge in [-0.05, 0) is 0 Å². The first-order valence-electron chi connectivity index (χ1n) is 3.31. The van der Waals surface area contributed by atoms with Crippen LogP contribution >= 0.6 is 7.77 Å². The van der Waals surface area contributed by atoms with Gasteiger partial charge in [-0.3, -0.25) is 0 Å². The molecule has 0 amide bonds. The van der Waals surface area contributed by atoms with Gasteiger partial charge in [0.05, 0.1) is 21.1 Å². The summed E-state index contributed by atoms with van der Waals surface area (Å²) in [5, 5.41) is 9.20. The molecular weight excluding hydrogens is 161 g/mol. The third-order valence-corrected chi connectivity index (χ3v) is 2.02. The number of nitrogens with zero attached hydrogens (tertiary/aromatic N) is 1. The van der Waals surface area contributed by atoms with Gasteiger partial charge in [0.2, 0.25) is 0 Å². The lowest BCUT2D eigenvalue weighted by Gasteiger charge is -2.21. The first kappa shape index (κ1) is 10.8. The molecule has 0 bridgehead atoms. The number of likely N-dealkylation sites (N-methyl/N-ethyl adjacent to an activating group) is 1. The van der Waals surface area contributed by atoms with Crippen LogP contribution in [-0.2, 0) is 0 Å². The van der Waals surface area contributed by atoms with Crippen LogP contribution in [0, 0.1) is 0 Å². The molecule has 1 atom stereocenters. The van der Waals surface area contributed by atoms with E-state index in [1.54, 1.807) is 0 Å². The summed E-state index contributed by atoms with van der Waals surface area (Å²) in [5.41, 5.74) is 0.0162. The second kappa shape index (κ2) is 3.98. The smallest absolute Gasteiger partial charge is 0.279 e. The summed E-state index contributed by atoms with van der Waals surface area (Å²) in [7, 11) is 4.02. The highest BCUT2D eigenvalue weighted by Crippen LogP contribution is 2.13. The number of aliphatic hydroxyl groups excluding tert-OH is 1. The lowest BCUT2D eigenvalue weighted by Crippen LogP contribution is -2.39. The van der Waals surface area contributed by atoms with Crippen molar-refractivity contribution in [1.29, 1.82) is 0 Å². The van der Waals surface area contributed by atoms with Crippen molar-refractivity contribution in [2.75, 3.05) is 27.7 Å². The normalized spacial score (nSPS) is 14.3. The molecule has 3 nitrogen and oxygen atoms in total. The largest absolute Gasteiger partial charge is 0.624 e. The quantitative estimate of drug-likeness (QED) is 0.489. The zero-order valence-electron chi connectivity index (χ0n) is 7.24. The average molecular weight is 176 g/mol. The molecule has 0 fully saturated rings. The molecular formula is C7H15NO2P+. The number of rotatable bonds is 3. The molecule has 0 saturated heterocycles. The third kappa shape index (κ3) is 5.10. The Balaban J connectivity index is 4.28. The summed E-state index contributed by atoms with van der Waals surface area (Å²) >= 11 is 0. The number of quaternary nitrogens is 1. The summed E-state index contributed by atoms with van der Waals surface area (Å²) < 4.78 is 0.570. The van der Waals surface area contributed by atoms with E-state index in [0.717, 1.165) is 0 Å². The average Bonchev–Trinajstić information content (AvgIpc) is 1.82. The van der Waals surface area contributed by atoms with Crippen molar-refractivity contribution >= 4 is 13.3 Å². The van der Waals surface area contributed by atoms with E-state index in [9.17, 15) is 10.00 Å². The maximum atomic E-state index is 10.9. The molecule has 0 aliphatic rings. The fourth-order valence-electron chi connectivity index (χ4n) is 0.599. The Morgan fingerprint density at radius 3 is 2.36 bits per heavy atom. The van der Waals surface area contributed by atoms with Crippen LogP contribution in [0.4, 0.5) is 0 Å². The maximum Gasteiger partial charge on any atom is 0.279 e. The van der Waals surface area contributed by atoms with Gasteiger partial charge in [-0.2, -0.15) is 0 Å². The van der Waals surface area contributed by atoms with Crippen LogP contribution in [0.1, 0.15) is 0 Å². The Kier molecular flexibility index (Phi) is 3.90. The van der Waals surface area contributed by atoms with Crippen molar-refractivity contribution in [1.82, 2.24) is 0 Å². The maximum absolute atomic E-state index is 10.9. The third-order valence-electron chi connectivity index (χ3n) is 1.04. The van der Waals surface area contributed by atoms with E-state index in [4.69, 9.17) is 0 Å². The van der Waals surface area contributed by atoms with E-state index < -0.39 is 7.77 Å². The van der Waals surface area contributed by atoms with Crippen LogP contribution in [0.15, 0.2) is 12.4 Å².